The van der Waals surface area contributed by atoms with Crippen molar-refractivity contribution < 1.29 is 27.5 Å². The minimum absolute atomic E-state index is 0.201. The fourth-order valence-corrected chi connectivity index (χ4v) is 3.90. The highest BCUT2D eigenvalue weighted by atomic mass is 79.9. The summed E-state index contributed by atoms with van der Waals surface area (Å²) in [6.45, 7) is 1.17. The summed E-state index contributed by atoms with van der Waals surface area (Å²) in [5.74, 6) is -0.935. The van der Waals surface area contributed by atoms with Gasteiger partial charge in [-0.1, -0.05) is 64.5 Å². The zero-order valence-corrected chi connectivity index (χ0v) is 18.2. The fraction of sp³-hybridized carbons (Fsp3) is 0.273. The zero-order valence-electron chi connectivity index (χ0n) is 16.6. The van der Waals surface area contributed by atoms with E-state index in [1.54, 1.807) is 30.3 Å². The van der Waals surface area contributed by atoms with Crippen LogP contribution in [-0.4, -0.2) is 34.3 Å². The minimum Gasteiger partial charge on any atom is -0.476 e. The Morgan fingerprint density at radius 3 is 2.42 bits per heavy atom. The van der Waals surface area contributed by atoms with E-state index < -0.39 is 29.1 Å². The van der Waals surface area contributed by atoms with Crippen molar-refractivity contribution in [1.29, 1.82) is 0 Å². The third kappa shape index (κ3) is 4.61. The number of benzene rings is 2. The van der Waals surface area contributed by atoms with Gasteiger partial charge in [0.15, 0.2) is 6.73 Å². The van der Waals surface area contributed by atoms with Crippen LogP contribution >= 0.6 is 15.9 Å². The van der Waals surface area contributed by atoms with Crippen molar-refractivity contribution in [2.45, 2.75) is 25.1 Å². The molecule has 0 saturated heterocycles. The second-order valence-corrected chi connectivity index (χ2v) is 7.88. The number of nitrogens with zero attached hydrogens (tertiary/aromatic N) is 1. The van der Waals surface area contributed by atoms with Crippen LogP contribution in [0, 0.1) is 0 Å². The summed E-state index contributed by atoms with van der Waals surface area (Å²) in [5, 5.41) is 0.276. The zero-order chi connectivity index (χ0) is 22.8. The van der Waals surface area contributed by atoms with Crippen molar-refractivity contribution >= 4 is 33.3 Å². The van der Waals surface area contributed by atoms with Crippen LogP contribution in [0.3, 0.4) is 0 Å². The van der Waals surface area contributed by atoms with Gasteiger partial charge in [-0.2, -0.15) is 13.2 Å². The average molecular weight is 497 g/mol. The highest BCUT2D eigenvalue weighted by Gasteiger charge is 2.45. The van der Waals surface area contributed by atoms with E-state index in [0.717, 1.165) is 12.1 Å². The van der Waals surface area contributed by atoms with E-state index in [0.29, 0.717) is 11.3 Å². The Morgan fingerprint density at radius 2 is 1.84 bits per heavy atom. The second kappa shape index (κ2) is 8.74. The number of hydrogen-bond acceptors (Lipinski definition) is 3. The van der Waals surface area contributed by atoms with Crippen molar-refractivity contribution in [3.8, 4) is 0 Å². The predicted molar refractivity (Wildman–Crippen MR) is 113 cm³/mol. The van der Waals surface area contributed by atoms with Gasteiger partial charge >= 0.3 is 6.18 Å². The van der Waals surface area contributed by atoms with Crippen LogP contribution in [0.4, 0.5) is 13.2 Å². The van der Waals surface area contributed by atoms with E-state index in [2.05, 4.69) is 15.9 Å². The summed E-state index contributed by atoms with van der Waals surface area (Å²) in [7, 11) is 0. The van der Waals surface area contributed by atoms with E-state index in [1.165, 1.54) is 24.0 Å². The van der Waals surface area contributed by atoms with Crippen molar-refractivity contribution in [2.75, 3.05) is 12.1 Å². The van der Waals surface area contributed by atoms with Crippen LogP contribution in [0.15, 0.2) is 60.4 Å². The Balaban J connectivity index is 2.01. The normalized spacial score (nSPS) is 16.7. The number of carbonyl (C=O) groups is 2. The lowest BCUT2D eigenvalue weighted by Crippen LogP contribution is -2.61. The highest BCUT2D eigenvalue weighted by molar-refractivity contribution is 9.09. The molecule has 2 N–H and O–H groups in total. The molecule has 1 heterocycles. The quantitative estimate of drug-likeness (QED) is 0.611. The van der Waals surface area contributed by atoms with Crippen LogP contribution in [-0.2, 0) is 26.9 Å². The molecule has 5 nitrogen and oxygen atoms in total. The first-order chi connectivity index (χ1) is 14.6. The van der Waals surface area contributed by atoms with Crippen LogP contribution in [0.1, 0.15) is 23.6 Å². The third-order valence-corrected chi connectivity index (χ3v) is 5.73. The molecule has 164 valence electrons. The molecule has 0 aromatic heterocycles. The summed E-state index contributed by atoms with van der Waals surface area (Å²) in [6.07, 6.45) is -4.73. The number of nitrogens with two attached hydrogens (primary N) is 1. The van der Waals surface area contributed by atoms with Crippen LogP contribution in [0.25, 0.3) is 5.57 Å². The SMILES string of the molecule is CC(Cc1cccc(C(F)(F)F)c1)(C(N)=O)N1COC(CBr)=C(c2ccccc2)C1=O. The van der Waals surface area contributed by atoms with Crippen LogP contribution in [0.2, 0.25) is 0 Å². The molecule has 3 rings (SSSR count). The molecular formula is C22H20BrF3N2O3. The molecule has 0 fully saturated rings. The van der Waals surface area contributed by atoms with E-state index in [9.17, 15) is 22.8 Å². The molecule has 2 aromatic rings. The molecule has 31 heavy (non-hydrogen) atoms. The first-order valence-corrected chi connectivity index (χ1v) is 10.5. The van der Waals surface area contributed by atoms with Crippen molar-refractivity contribution in [2.24, 2.45) is 5.73 Å². The molecule has 0 bridgehead atoms. The smallest absolute Gasteiger partial charge is 0.416 e. The van der Waals surface area contributed by atoms with E-state index >= 15 is 0 Å². The predicted octanol–water partition coefficient (Wildman–Crippen LogP) is 4.11. The summed E-state index contributed by atoms with van der Waals surface area (Å²) in [6, 6.07) is 13.4. The molecular weight excluding hydrogens is 477 g/mol. The Hall–Kier alpha value is -2.81. The number of ether oxygens (including phenoxy) is 1. The summed E-state index contributed by atoms with van der Waals surface area (Å²) in [4.78, 5) is 27.1. The average Bonchev–Trinajstić information content (AvgIpc) is 2.73. The number of amides is 2. The van der Waals surface area contributed by atoms with Gasteiger partial charge < -0.3 is 10.5 Å². The Morgan fingerprint density at radius 1 is 1.16 bits per heavy atom. The lowest BCUT2D eigenvalue weighted by molar-refractivity contribution is -0.149. The van der Waals surface area contributed by atoms with Crippen molar-refractivity contribution in [1.82, 2.24) is 4.90 Å². The highest BCUT2D eigenvalue weighted by Crippen LogP contribution is 2.34. The number of rotatable bonds is 6. The Kier molecular flexibility index (Phi) is 6.45. The number of primary amides is 1. The molecule has 1 unspecified atom stereocenters. The molecule has 2 amide bonds. The monoisotopic (exact) mass is 496 g/mol. The van der Waals surface area contributed by atoms with Gasteiger partial charge in [-0.15, -0.1) is 0 Å². The van der Waals surface area contributed by atoms with Gasteiger partial charge in [-0.25, -0.2) is 0 Å². The molecule has 0 radical (unpaired) electrons. The van der Waals surface area contributed by atoms with Crippen molar-refractivity contribution in [3.05, 3.63) is 77.0 Å². The molecule has 0 spiro atoms. The van der Waals surface area contributed by atoms with Crippen LogP contribution in [0.5, 0.6) is 0 Å². The number of alkyl halides is 4. The maximum atomic E-state index is 13.4. The number of carbonyl (C=O) groups excluding carboxylic acids is 2. The third-order valence-electron chi connectivity index (χ3n) is 5.22. The van der Waals surface area contributed by atoms with E-state index in [4.69, 9.17) is 10.5 Å². The van der Waals surface area contributed by atoms with Crippen LogP contribution < -0.4 is 5.73 Å². The largest absolute Gasteiger partial charge is 0.476 e. The number of hydrogen-bond donors (Lipinski definition) is 1. The van der Waals surface area contributed by atoms with Gasteiger partial charge in [0.1, 0.15) is 11.3 Å². The lowest BCUT2D eigenvalue weighted by Gasteiger charge is -2.42. The molecule has 1 atom stereocenters. The summed E-state index contributed by atoms with van der Waals surface area (Å²) in [5.41, 5.74) is 4.28. The minimum atomic E-state index is -4.53. The van der Waals surface area contributed by atoms with Gasteiger partial charge in [-0.3, -0.25) is 14.5 Å². The Labute approximate surface area is 185 Å². The van der Waals surface area contributed by atoms with Gasteiger partial charge in [0.2, 0.25) is 5.91 Å². The topological polar surface area (TPSA) is 72.6 Å². The fourth-order valence-electron chi connectivity index (χ4n) is 3.46. The molecule has 0 aliphatic carbocycles. The number of allylic oxidation sites excluding steroid dienone is 1. The van der Waals surface area contributed by atoms with Gasteiger partial charge in [0, 0.05) is 6.42 Å². The Bertz CT molecular complexity index is 1020. The number of halogens is 4. The van der Waals surface area contributed by atoms with E-state index in [1.807, 2.05) is 0 Å². The molecule has 9 heteroatoms. The molecule has 1 aliphatic rings. The maximum Gasteiger partial charge on any atom is 0.416 e. The second-order valence-electron chi connectivity index (χ2n) is 7.32. The molecule has 1 aliphatic heterocycles. The summed E-state index contributed by atoms with van der Waals surface area (Å²) < 4.78 is 45.1. The summed E-state index contributed by atoms with van der Waals surface area (Å²) >= 11 is 3.30. The molecule has 2 aromatic carbocycles. The molecule has 0 saturated carbocycles. The van der Waals surface area contributed by atoms with E-state index in [-0.39, 0.29) is 29.6 Å². The first kappa shape index (κ1) is 22.9. The maximum absolute atomic E-state index is 13.4. The van der Waals surface area contributed by atoms with Gasteiger partial charge in [0.25, 0.3) is 5.91 Å². The van der Waals surface area contributed by atoms with Crippen molar-refractivity contribution in [3.63, 3.8) is 0 Å². The first-order valence-electron chi connectivity index (χ1n) is 9.33. The standard InChI is InChI=1S/C22H20BrF3N2O3/c1-21(20(27)30,11-14-6-5-9-16(10-14)22(24,25)26)28-13-31-17(12-23)18(19(28)29)15-7-3-2-4-8-15/h2-10H,11-13H2,1H3,(H2,27,30). The van der Waals surface area contributed by atoms with Gasteiger partial charge in [0.05, 0.1) is 16.5 Å². The lowest BCUT2D eigenvalue weighted by atomic mass is 9.88. The van der Waals surface area contributed by atoms with Gasteiger partial charge in [-0.05, 0) is 24.1 Å².